The lowest BCUT2D eigenvalue weighted by atomic mass is 10.1. The van der Waals surface area contributed by atoms with Crippen molar-refractivity contribution in [1.29, 1.82) is 0 Å². The molecule has 0 fully saturated rings. The average molecular weight is 421 g/mol. The summed E-state index contributed by atoms with van der Waals surface area (Å²) in [4.78, 5) is 13.8. The summed E-state index contributed by atoms with van der Waals surface area (Å²) < 4.78 is 0. The summed E-state index contributed by atoms with van der Waals surface area (Å²) in [6.07, 6.45) is 19.0. The Morgan fingerprint density at radius 3 is 0.933 bits per heavy atom. The lowest BCUT2D eigenvalue weighted by Crippen LogP contribution is -2.14. The van der Waals surface area contributed by atoms with Crippen LogP contribution in [-0.2, 0) is 0 Å². The molecule has 0 aromatic carbocycles. The number of unbranched alkanes of at least 4 members (excludes halogenated alkanes) is 12. The monoisotopic (exact) mass is 420 g/mol. The molecule has 0 amide bonds. The Morgan fingerprint density at radius 2 is 0.667 bits per heavy atom. The minimum atomic E-state index is 0.683. The SMILES string of the molecule is CCCCCCCNc1nc(NCCCCCCC)nc(NCCCCCCC)n1. The fourth-order valence-corrected chi connectivity index (χ4v) is 3.40. The first-order chi connectivity index (χ1) is 14.8. The molecule has 6 nitrogen and oxygen atoms in total. The molecule has 0 saturated carbocycles. The van der Waals surface area contributed by atoms with Crippen LogP contribution in [0.2, 0.25) is 0 Å². The first kappa shape index (κ1) is 26.4. The van der Waals surface area contributed by atoms with Gasteiger partial charge in [0.2, 0.25) is 17.8 Å². The Hall–Kier alpha value is -1.59. The summed E-state index contributed by atoms with van der Waals surface area (Å²) in [5.41, 5.74) is 0. The van der Waals surface area contributed by atoms with Crippen LogP contribution in [0.1, 0.15) is 117 Å². The van der Waals surface area contributed by atoms with Gasteiger partial charge in [-0.05, 0) is 19.3 Å². The van der Waals surface area contributed by atoms with Crippen LogP contribution >= 0.6 is 0 Å². The molecule has 0 bridgehead atoms. The maximum atomic E-state index is 4.59. The first-order valence-corrected chi connectivity index (χ1v) is 12.8. The van der Waals surface area contributed by atoms with Crippen LogP contribution in [0.4, 0.5) is 17.8 Å². The number of hydrogen-bond donors (Lipinski definition) is 3. The molecule has 0 unspecified atom stereocenters. The van der Waals surface area contributed by atoms with Crippen molar-refractivity contribution in [1.82, 2.24) is 15.0 Å². The fraction of sp³-hybridized carbons (Fsp3) is 0.875. The normalized spacial score (nSPS) is 10.9. The quantitative estimate of drug-likeness (QED) is 0.186. The van der Waals surface area contributed by atoms with Crippen LogP contribution < -0.4 is 16.0 Å². The minimum Gasteiger partial charge on any atom is -0.354 e. The highest BCUT2D eigenvalue weighted by atomic mass is 15.3. The van der Waals surface area contributed by atoms with Gasteiger partial charge < -0.3 is 16.0 Å². The molecule has 0 aliphatic rings. The largest absolute Gasteiger partial charge is 0.354 e. The van der Waals surface area contributed by atoms with E-state index < -0.39 is 0 Å². The third kappa shape index (κ3) is 14.4. The molecule has 0 aliphatic heterocycles. The number of aromatic nitrogens is 3. The van der Waals surface area contributed by atoms with E-state index in [0.717, 1.165) is 38.9 Å². The van der Waals surface area contributed by atoms with Crippen LogP contribution in [0.25, 0.3) is 0 Å². The van der Waals surface area contributed by atoms with Gasteiger partial charge in [0.1, 0.15) is 0 Å². The molecule has 6 heteroatoms. The minimum absolute atomic E-state index is 0.683. The Balaban J connectivity index is 2.47. The van der Waals surface area contributed by atoms with Crippen LogP contribution in [-0.4, -0.2) is 34.6 Å². The highest BCUT2D eigenvalue weighted by molar-refractivity contribution is 5.42. The van der Waals surface area contributed by atoms with E-state index in [9.17, 15) is 0 Å². The molecule has 0 spiro atoms. The molecule has 1 aromatic rings. The van der Waals surface area contributed by atoms with Crippen molar-refractivity contribution in [3.63, 3.8) is 0 Å². The summed E-state index contributed by atoms with van der Waals surface area (Å²) in [6, 6.07) is 0. The second kappa shape index (κ2) is 19.4. The summed E-state index contributed by atoms with van der Waals surface area (Å²) in [7, 11) is 0. The Morgan fingerprint density at radius 1 is 0.400 bits per heavy atom. The molecule has 0 saturated heterocycles. The van der Waals surface area contributed by atoms with Crippen molar-refractivity contribution in [2.75, 3.05) is 35.6 Å². The molecule has 0 radical (unpaired) electrons. The van der Waals surface area contributed by atoms with Crippen LogP contribution in [0.15, 0.2) is 0 Å². The van der Waals surface area contributed by atoms with Crippen molar-refractivity contribution >= 4 is 17.8 Å². The summed E-state index contributed by atoms with van der Waals surface area (Å²) in [5.74, 6) is 2.05. The summed E-state index contributed by atoms with van der Waals surface area (Å²) >= 11 is 0. The maximum absolute atomic E-state index is 4.59. The highest BCUT2D eigenvalue weighted by Gasteiger charge is 2.06. The van der Waals surface area contributed by atoms with Gasteiger partial charge in [0, 0.05) is 19.6 Å². The predicted octanol–water partition coefficient (Wildman–Crippen LogP) is 7.02. The lowest BCUT2D eigenvalue weighted by Gasteiger charge is -2.11. The second-order valence-corrected chi connectivity index (χ2v) is 8.33. The van der Waals surface area contributed by atoms with E-state index in [0.29, 0.717) is 17.8 Å². The van der Waals surface area contributed by atoms with E-state index in [1.807, 2.05) is 0 Å². The molecule has 3 N–H and O–H groups in total. The molecule has 174 valence electrons. The number of nitrogens with one attached hydrogen (secondary N) is 3. The van der Waals surface area contributed by atoms with Gasteiger partial charge in [-0.3, -0.25) is 0 Å². The van der Waals surface area contributed by atoms with Crippen LogP contribution in [0.3, 0.4) is 0 Å². The third-order valence-electron chi connectivity index (χ3n) is 5.33. The number of anilines is 3. The van der Waals surface area contributed by atoms with Gasteiger partial charge in [0.15, 0.2) is 0 Å². The van der Waals surface area contributed by atoms with Crippen molar-refractivity contribution in [2.45, 2.75) is 117 Å². The third-order valence-corrected chi connectivity index (χ3v) is 5.33. The molecular weight excluding hydrogens is 372 g/mol. The van der Waals surface area contributed by atoms with Gasteiger partial charge in [-0.25, -0.2) is 0 Å². The fourth-order valence-electron chi connectivity index (χ4n) is 3.40. The topological polar surface area (TPSA) is 74.8 Å². The standard InChI is InChI=1S/C24H48N6/c1-4-7-10-13-16-19-25-22-28-23(26-20-17-14-11-8-5-2)30-24(29-22)27-21-18-15-12-9-6-3/h4-21H2,1-3H3,(H3,25,26,27,28,29,30). The van der Waals surface area contributed by atoms with Gasteiger partial charge in [-0.1, -0.05) is 97.8 Å². The second-order valence-electron chi connectivity index (χ2n) is 8.33. The highest BCUT2D eigenvalue weighted by Crippen LogP contribution is 2.12. The predicted molar refractivity (Wildman–Crippen MR) is 132 cm³/mol. The van der Waals surface area contributed by atoms with Gasteiger partial charge in [-0.2, -0.15) is 15.0 Å². The Kier molecular flexibility index (Phi) is 17.1. The molecule has 0 aliphatic carbocycles. The average Bonchev–Trinajstić information content (AvgIpc) is 2.75. The van der Waals surface area contributed by atoms with Gasteiger partial charge >= 0.3 is 0 Å². The van der Waals surface area contributed by atoms with E-state index in [1.165, 1.54) is 77.0 Å². The maximum Gasteiger partial charge on any atom is 0.229 e. The van der Waals surface area contributed by atoms with Crippen molar-refractivity contribution in [3.8, 4) is 0 Å². The first-order valence-electron chi connectivity index (χ1n) is 12.8. The molecule has 30 heavy (non-hydrogen) atoms. The van der Waals surface area contributed by atoms with Crippen molar-refractivity contribution < 1.29 is 0 Å². The zero-order valence-corrected chi connectivity index (χ0v) is 20.1. The smallest absolute Gasteiger partial charge is 0.229 e. The molecular formula is C24H48N6. The number of rotatable bonds is 21. The molecule has 1 aromatic heterocycles. The molecule has 1 heterocycles. The summed E-state index contributed by atoms with van der Waals surface area (Å²) in [5, 5.41) is 10.2. The van der Waals surface area contributed by atoms with E-state index in [-0.39, 0.29) is 0 Å². The molecule has 0 atom stereocenters. The molecule has 1 rings (SSSR count). The van der Waals surface area contributed by atoms with Crippen LogP contribution in [0, 0.1) is 0 Å². The zero-order chi connectivity index (χ0) is 21.7. The number of nitrogens with zero attached hydrogens (tertiary/aromatic N) is 3. The van der Waals surface area contributed by atoms with Gasteiger partial charge in [0.25, 0.3) is 0 Å². The summed E-state index contributed by atoms with van der Waals surface area (Å²) in [6.45, 7) is 9.50. The Labute approximate surface area is 185 Å². The number of hydrogen-bond acceptors (Lipinski definition) is 6. The Bertz CT molecular complexity index is 425. The van der Waals surface area contributed by atoms with Crippen molar-refractivity contribution in [2.24, 2.45) is 0 Å². The lowest BCUT2D eigenvalue weighted by molar-refractivity contribution is 0.641. The van der Waals surface area contributed by atoms with Gasteiger partial charge in [-0.15, -0.1) is 0 Å². The zero-order valence-electron chi connectivity index (χ0n) is 20.1. The van der Waals surface area contributed by atoms with E-state index >= 15 is 0 Å². The van der Waals surface area contributed by atoms with E-state index in [1.54, 1.807) is 0 Å². The van der Waals surface area contributed by atoms with E-state index in [2.05, 4.69) is 51.7 Å². The van der Waals surface area contributed by atoms with Gasteiger partial charge in [0.05, 0.1) is 0 Å². The van der Waals surface area contributed by atoms with E-state index in [4.69, 9.17) is 0 Å². The van der Waals surface area contributed by atoms with Crippen molar-refractivity contribution in [3.05, 3.63) is 0 Å². The van der Waals surface area contributed by atoms with Crippen LogP contribution in [0.5, 0.6) is 0 Å².